The third kappa shape index (κ3) is 54.8. The summed E-state index contributed by atoms with van der Waals surface area (Å²) in [6.07, 6.45) is 39.2. The van der Waals surface area contributed by atoms with Gasteiger partial charge in [-0.2, -0.15) is 0 Å². The highest BCUT2D eigenvalue weighted by molar-refractivity contribution is 5.71. The van der Waals surface area contributed by atoms with E-state index in [4.69, 9.17) is 20.4 Å². The van der Waals surface area contributed by atoms with E-state index >= 15 is 0 Å². The molecule has 0 aromatic heterocycles. The van der Waals surface area contributed by atoms with E-state index in [1.165, 1.54) is 174 Å². The summed E-state index contributed by atoms with van der Waals surface area (Å²) in [5.74, 6) is -2.49. The van der Waals surface area contributed by atoms with Crippen molar-refractivity contribution in [3.05, 3.63) is 0 Å². The van der Waals surface area contributed by atoms with E-state index in [-0.39, 0.29) is 0 Å². The number of hydrogen-bond donors (Lipinski definition) is 4. The fourth-order valence-electron chi connectivity index (χ4n) is 5.30. The molecule has 276 valence electrons. The molecule has 0 aliphatic carbocycles. The van der Waals surface area contributed by atoms with Gasteiger partial charge >= 0.3 is 17.9 Å². The molecule has 0 radical (unpaired) electrons. The molecule has 0 bridgehead atoms. The van der Waals surface area contributed by atoms with Crippen LogP contribution < -0.4 is 0 Å². The first kappa shape index (κ1) is 48.8. The summed E-state index contributed by atoms with van der Waals surface area (Å²) in [6.45, 7) is 5.74. The number of carboxylic acid groups (broad SMARTS) is 3. The number of carboxylic acids is 3. The maximum Gasteiger partial charge on any atom is 0.332 e. The van der Waals surface area contributed by atoms with Gasteiger partial charge in [-0.3, -0.25) is 9.59 Å². The summed E-state index contributed by atoms with van der Waals surface area (Å²) in [7, 11) is 0. The zero-order chi connectivity index (χ0) is 34.9. The minimum atomic E-state index is -1.23. The number of aliphatic carboxylic acids is 3. The second kappa shape index (κ2) is 43.4. The largest absolute Gasteiger partial charge is 0.481 e. The van der Waals surface area contributed by atoms with Gasteiger partial charge in [-0.1, -0.05) is 194 Å². The molecule has 0 spiro atoms. The van der Waals surface area contributed by atoms with Gasteiger partial charge in [-0.15, -0.1) is 0 Å². The van der Waals surface area contributed by atoms with Crippen molar-refractivity contribution in [1.82, 2.24) is 0 Å². The van der Waals surface area contributed by atoms with Crippen molar-refractivity contribution >= 4 is 17.9 Å². The molecule has 0 aromatic rings. The Morgan fingerprint density at radius 2 is 0.522 bits per heavy atom. The second-order valence-electron chi connectivity index (χ2n) is 13.2. The van der Waals surface area contributed by atoms with Crippen molar-refractivity contribution in [3.8, 4) is 0 Å². The monoisotopic (exact) mass is 659 g/mol. The average molecular weight is 659 g/mol. The molecule has 0 fully saturated rings. The smallest absolute Gasteiger partial charge is 0.332 e. The Balaban J connectivity index is -0.000000682. The molecule has 4 N–H and O–H groups in total. The van der Waals surface area contributed by atoms with Gasteiger partial charge in [-0.25, -0.2) is 4.79 Å². The average Bonchev–Trinajstić information content (AvgIpc) is 3.01. The van der Waals surface area contributed by atoms with Crippen LogP contribution in [0, 0.1) is 0 Å². The molecule has 0 aliphatic heterocycles. The Labute approximate surface area is 284 Å². The van der Waals surface area contributed by atoms with Crippen LogP contribution in [0.25, 0.3) is 0 Å². The molecule has 0 aromatic carbocycles. The fraction of sp³-hybridized carbons (Fsp3) is 0.923. The van der Waals surface area contributed by atoms with Crippen LogP contribution in [0.4, 0.5) is 0 Å². The number of rotatable bonds is 33. The third-order valence-corrected chi connectivity index (χ3v) is 8.35. The van der Waals surface area contributed by atoms with Crippen molar-refractivity contribution in [1.29, 1.82) is 0 Å². The van der Waals surface area contributed by atoms with Crippen molar-refractivity contribution in [2.45, 2.75) is 232 Å². The third-order valence-electron chi connectivity index (χ3n) is 8.35. The van der Waals surface area contributed by atoms with E-state index < -0.39 is 24.0 Å². The quantitative estimate of drug-likeness (QED) is 0.0516. The molecule has 0 rings (SSSR count). The topological polar surface area (TPSA) is 132 Å². The molecule has 0 heterocycles. The molecule has 7 heteroatoms. The van der Waals surface area contributed by atoms with Crippen LogP contribution in [0.15, 0.2) is 0 Å². The summed E-state index contributed by atoms with van der Waals surface area (Å²) >= 11 is 0. The number of aliphatic hydroxyl groups is 1. The Hall–Kier alpha value is -1.63. The Morgan fingerprint density at radius 1 is 0.370 bits per heavy atom. The predicted molar refractivity (Wildman–Crippen MR) is 194 cm³/mol. The number of carbonyl (C=O) groups is 3. The highest BCUT2D eigenvalue weighted by Gasteiger charge is 2.01. The number of hydrogen-bond acceptors (Lipinski definition) is 4. The summed E-state index contributed by atoms with van der Waals surface area (Å²) in [6, 6.07) is 0. The summed E-state index contributed by atoms with van der Waals surface area (Å²) in [5.41, 5.74) is 0. The van der Waals surface area contributed by atoms with Crippen molar-refractivity contribution in [2.24, 2.45) is 0 Å². The molecular formula is C39H78O7. The van der Waals surface area contributed by atoms with Crippen LogP contribution in [0.3, 0.4) is 0 Å². The second-order valence-corrected chi connectivity index (χ2v) is 13.2. The molecule has 0 saturated heterocycles. The van der Waals surface area contributed by atoms with Crippen LogP contribution in [0.5, 0.6) is 0 Å². The lowest BCUT2D eigenvalue weighted by atomic mass is 10.0. The van der Waals surface area contributed by atoms with Gasteiger partial charge in [0.2, 0.25) is 0 Å². The lowest BCUT2D eigenvalue weighted by Gasteiger charge is -2.03. The zero-order valence-corrected chi connectivity index (χ0v) is 30.7. The molecule has 0 aliphatic rings. The Morgan fingerprint density at radius 3 is 0.652 bits per heavy atom. The van der Waals surface area contributed by atoms with Crippen LogP contribution in [-0.2, 0) is 14.4 Å². The van der Waals surface area contributed by atoms with Crippen LogP contribution >= 0.6 is 0 Å². The number of unbranched alkanes of at least 4 members (excludes halogenated alkanes) is 28. The molecular weight excluding hydrogens is 580 g/mol. The minimum Gasteiger partial charge on any atom is -0.481 e. The van der Waals surface area contributed by atoms with Crippen LogP contribution in [0.1, 0.15) is 226 Å². The van der Waals surface area contributed by atoms with Crippen molar-refractivity contribution in [3.63, 3.8) is 0 Å². The first-order valence-electron chi connectivity index (χ1n) is 19.5. The van der Waals surface area contributed by atoms with Gasteiger partial charge in [0.05, 0.1) is 0 Å². The standard InChI is InChI=1S/2C18H36O2.C3H6O3/c2*1-2-3-4-5-6-7-8-9-10-11-12-13-14-15-16-17-18(19)20;1-2(4)3(5)6/h2*2-17H2,1H3,(H,19,20);2,4H,1H3,(H,5,6). The predicted octanol–water partition coefficient (Wildman–Crippen LogP) is 12.1. The normalized spacial score (nSPS) is 11.2. The van der Waals surface area contributed by atoms with E-state index in [9.17, 15) is 14.4 Å². The molecule has 0 saturated carbocycles. The zero-order valence-electron chi connectivity index (χ0n) is 30.7. The maximum atomic E-state index is 10.3. The molecule has 1 unspecified atom stereocenters. The molecule has 1 atom stereocenters. The van der Waals surface area contributed by atoms with Crippen LogP contribution in [0.2, 0.25) is 0 Å². The van der Waals surface area contributed by atoms with Gasteiger partial charge in [0.15, 0.2) is 0 Å². The first-order chi connectivity index (χ1) is 22.2. The first-order valence-corrected chi connectivity index (χ1v) is 19.5. The SMILES string of the molecule is CC(O)C(=O)O.CCCCCCCCCCCCCCCCCC(=O)O.CCCCCCCCCCCCCCCCCC(=O)O. The van der Waals surface area contributed by atoms with Crippen molar-refractivity contribution in [2.75, 3.05) is 0 Å². The summed E-state index contributed by atoms with van der Waals surface area (Å²) < 4.78 is 0. The Bertz CT molecular complexity index is 577. The number of aliphatic hydroxyl groups excluding tert-OH is 1. The van der Waals surface area contributed by atoms with Gasteiger partial charge in [-0.05, 0) is 19.8 Å². The van der Waals surface area contributed by atoms with E-state index in [0.717, 1.165) is 25.7 Å². The van der Waals surface area contributed by atoms with Crippen molar-refractivity contribution < 1.29 is 34.8 Å². The maximum absolute atomic E-state index is 10.3. The molecule has 0 amide bonds. The summed E-state index contributed by atoms with van der Waals surface area (Å²) in [5, 5.41) is 32.8. The highest BCUT2D eigenvalue weighted by Crippen LogP contribution is 2.15. The molecule has 46 heavy (non-hydrogen) atoms. The van der Waals surface area contributed by atoms with E-state index in [1.807, 2.05) is 0 Å². The van der Waals surface area contributed by atoms with E-state index in [1.54, 1.807) is 0 Å². The Kier molecular flexibility index (Phi) is 46.0. The van der Waals surface area contributed by atoms with Crippen LogP contribution in [-0.4, -0.2) is 44.4 Å². The van der Waals surface area contributed by atoms with E-state index in [2.05, 4.69) is 13.8 Å². The highest BCUT2D eigenvalue weighted by atomic mass is 16.4. The molecule has 7 nitrogen and oxygen atoms in total. The summed E-state index contributed by atoms with van der Waals surface area (Å²) in [4.78, 5) is 30.1. The minimum absolute atomic E-state index is 0.345. The van der Waals surface area contributed by atoms with E-state index in [0.29, 0.717) is 12.8 Å². The van der Waals surface area contributed by atoms with Gasteiger partial charge in [0, 0.05) is 12.8 Å². The lowest BCUT2D eigenvalue weighted by molar-refractivity contribution is -0.145. The fourth-order valence-corrected chi connectivity index (χ4v) is 5.30. The van der Waals surface area contributed by atoms with Gasteiger partial charge in [0.1, 0.15) is 6.10 Å². The van der Waals surface area contributed by atoms with Gasteiger partial charge in [0.25, 0.3) is 0 Å². The van der Waals surface area contributed by atoms with Gasteiger partial charge < -0.3 is 20.4 Å². The lowest BCUT2D eigenvalue weighted by Crippen LogP contribution is -2.13.